The number of aromatic nitrogens is 3. The van der Waals surface area contributed by atoms with Gasteiger partial charge in [-0.15, -0.1) is 0 Å². The summed E-state index contributed by atoms with van der Waals surface area (Å²) in [6.07, 6.45) is 6.06. The van der Waals surface area contributed by atoms with E-state index in [4.69, 9.17) is 23.7 Å². The molecule has 0 unspecified atom stereocenters. The Hall–Kier alpha value is -8.19. The van der Waals surface area contributed by atoms with Crippen molar-refractivity contribution in [2.75, 3.05) is 170 Å². The molecule has 0 saturated carbocycles. The highest BCUT2D eigenvalue weighted by Gasteiger charge is 2.30. The lowest BCUT2D eigenvalue weighted by atomic mass is 10.1. The van der Waals surface area contributed by atoms with Crippen molar-refractivity contribution in [1.82, 2.24) is 65.4 Å². The summed E-state index contributed by atoms with van der Waals surface area (Å²) >= 11 is 0. The van der Waals surface area contributed by atoms with Gasteiger partial charge in [-0.3, -0.25) is 57.9 Å². The number of aliphatic carboxylic acids is 3. The molecule has 33 nitrogen and oxygen atoms in total. The number of nitrogens with zero attached hydrogens (tertiary/aromatic N) is 6. The Morgan fingerprint density at radius 3 is 1.81 bits per heavy atom. The van der Waals surface area contributed by atoms with Crippen LogP contribution in [0.1, 0.15) is 72.5 Å². The summed E-state index contributed by atoms with van der Waals surface area (Å²) in [4.78, 5) is 129. The molecule has 2 aromatic carbocycles. The number of carbonyl (C=O) groups excluding carboxylic acids is 5. The summed E-state index contributed by atoms with van der Waals surface area (Å²) in [5.74, 6) is -5.01. The predicted octanol–water partition coefficient (Wildman–Crippen LogP) is -0.688. The molecule has 4 aromatic rings. The number of benzene rings is 2. The van der Waals surface area contributed by atoms with E-state index in [1.807, 2.05) is 11.8 Å². The molecular formula is C64H98N14O19S. The summed E-state index contributed by atoms with van der Waals surface area (Å²) in [5, 5.41) is 46.1. The zero-order valence-corrected chi connectivity index (χ0v) is 57.5. The zero-order chi connectivity index (χ0) is 71.4. The Morgan fingerprint density at radius 1 is 0.663 bits per heavy atom. The number of carbonyl (C=O) groups is 8. The van der Waals surface area contributed by atoms with Gasteiger partial charge in [-0.2, -0.15) is 4.72 Å². The monoisotopic (exact) mass is 1400 g/mol. The average molecular weight is 1400 g/mol. The summed E-state index contributed by atoms with van der Waals surface area (Å²) in [7, 11) is -1.31. The second-order valence-electron chi connectivity index (χ2n) is 23.4. The maximum atomic E-state index is 13.7. The molecule has 11 N–H and O–H groups in total. The number of H-pyrrole nitrogens is 1. The first-order chi connectivity index (χ1) is 47.0. The first-order valence-corrected chi connectivity index (χ1v) is 34.2. The van der Waals surface area contributed by atoms with Crippen molar-refractivity contribution >= 4 is 74.3 Å². The largest absolute Gasteiger partial charge is 0.494 e. The van der Waals surface area contributed by atoms with Crippen LogP contribution in [0.5, 0.6) is 5.75 Å². The van der Waals surface area contributed by atoms with Gasteiger partial charge < -0.3 is 85.4 Å². The maximum absolute atomic E-state index is 13.7. The van der Waals surface area contributed by atoms with Crippen LogP contribution in [0.3, 0.4) is 0 Å². The van der Waals surface area contributed by atoms with E-state index in [-0.39, 0.29) is 104 Å². The number of imidazole rings is 1. The minimum atomic E-state index is -4.47. The molecule has 2 aromatic heterocycles. The van der Waals surface area contributed by atoms with E-state index >= 15 is 0 Å². The van der Waals surface area contributed by atoms with E-state index in [9.17, 15) is 66.9 Å². The van der Waals surface area contributed by atoms with Crippen molar-refractivity contribution in [1.29, 1.82) is 0 Å². The van der Waals surface area contributed by atoms with Crippen molar-refractivity contribution in [3.05, 3.63) is 81.4 Å². The number of aryl methyl sites for hydroxylation is 3. The van der Waals surface area contributed by atoms with Gasteiger partial charge in [-0.1, -0.05) is 13.0 Å². The molecule has 3 heterocycles. The third kappa shape index (κ3) is 29.5. The fourth-order valence-electron chi connectivity index (χ4n) is 10.6. The molecule has 2 atom stereocenters. The molecule has 1 fully saturated rings. The minimum Gasteiger partial charge on any atom is -0.494 e. The Labute approximate surface area is 570 Å². The smallest absolute Gasteiger partial charge is 0.323 e. The van der Waals surface area contributed by atoms with Crippen LogP contribution in [0.4, 0.5) is 5.95 Å². The molecule has 0 bridgehead atoms. The summed E-state index contributed by atoms with van der Waals surface area (Å²) in [5.41, 5.74) is 1.05. The van der Waals surface area contributed by atoms with Crippen LogP contribution >= 0.6 is 0 Å². The Kier molecular flexibility index (Phi) is 35.5. The van der Waals surface area contributed by atoms with Crippen molar-refractivity contribution in [3.8, 4) is 5.75 Å². The van der Waals surface area contributed by atoms with Crippen LogP contribution in [0, 0.1) is 13.8 Å². The SMILES string of the molecule is CCN1CCN(CC(=O)O)CCN(CC(=O)N[C@H](CCC(=O)NCCOC)C(=O)NCCCOCCOCCOCCCNC(=O)CCCOc2cc(C)c(S(=O)(=O)N[C@@H](CNC(=O)c3cn(C)c4cc(CNc5ncc[nH]5)ccc4c3=O)C(=O)O)c(C)c2)CCN(CC(=O)O)CC1. The molecule has 544 valence electrons. The van der Waals surface area contributed by atoms with E-state index in [1.165, 1.54) is 39.3 Å². The third-order valence-electron chi connectivity index (χ3n) is 15.7. The van der Waals surface area contributed by atoms with Crippen molar-refractivity contribution in [2.45, 2.75) is 82.8 Å². The Bertz CT molecular complexity index is 3340. The molecule has 5 amide bonds. The molecule has 5 rings (SSSR count). The van der Waals surface area contributed by atoms with E-state index in [0.717, 1.165) is 5.56 Å². The van der Waals surface area contributed by atoms with Crippen LogP contribution in [0.2, 0.25) is 0 Å². The number of carboxylic acid groups (broad SMARTS) is 3. The van der Waals surface area contributed by atoms with Crippen molar-refractivity contribution in [2.24, 2.45) is 7.05 Å². The molecule has 0 radical (unpaired) electrons. The lowest BCUT2D eigenvalue weighted by molar-refractivity contribution is -0.139. The van der Waals surface area contributed by atoms with Gasteiger partial charge in [-0.05, 0) is 87.0 Å². The fourth-order valence-corrected chi connectivity index (χ4v) is 12.2. The highest BCUT2D eigenvalue weighted by Crippen LogP contribution is 2.26. The van der Waals surface area contributed by atoms with E-state index in [1.54, 1.807) is 52.0 Å². The highest BCUT2D eigenvalue weighted by molar-refractivity contribution is 7.89. The average Bonchev–Trinajstić information content (AvgIpc) is 0.796. The number of nitrogens with one attached hydrogen (secondary N) is 8. The van der Waals surface area contributed by atoms with Gasteiger partial charge in [-0.25, -0.2) is 13.4 Å². The number of hydrogen-bond donors (Lipinski definition) is 11. The van der Waals surface area contributed by atoms with Gasteiger partial charge in [0.2, 0.25) is 39.1 Å². The summed E-state index contributed by atoms with van der Waals surface area (Å²) in [6.45, 7) is 11.5. The Morgan fingerprint density at radius 2 is 1.23 bits per heavy atom. The van der Waals surface area contributed by atoms with Gasteiger partial charge in [0.1, 0.15) is 23.4 Å². The topological polar surface area (TPSA) is 425 Å². The number of likely N-dealkylation sites (N-methyl/N-ethyl adjacent to an activating group) is 1. The van der Waals surface area contributed by atoms with Crippen molar-refractivity contribution < 1.29 is 85.8 Å². The number of carboxylic acids is 3. The quantitative estimate of drug-likeness (QED) is 0.0244. The van der Waals surface area contributed by atoms with E-state index in [0.29, 0.717) is 148 Å². The first-order valence-electron chi connectivity index (χ1n) is 32.7. The molecule has 0 spiro atoms. The number of hydrogen-bond acceptors (Lipinski definition) is 22. The van der Waals surface area contributed by atoms with Crippen LogP contribution in [0.15, 0.2) is 58.6 Å². The molecule has 34 heteroatoms. The number of aromatic amines is 1. The number of rotatable bonds is 44. The molecule has 0 aliphatic carbocycles. The van der Waals surface area contributed by atoms with Gasteiger partial charge >= 0.3 is 17.9 Å². The molecule has 1 saturated heterocycles. The second-order valence-corrected chi connectivity index (χ2v) is 25.1. The van der Waals surface area contributed by atoms with Crippen LogP contribution in [-0.4, -0.2) is 282 Å². The van der Waals surface area contributed by atoms with Crippen LogP contribution < -0.4 is 46.8 Å². The van der Waals surface area contributed by atoms with E-state index in [2.05, 4.69) is 51.5 Å². The number of anilines is 1. The van der Waals surface area contributed by atoms with Gasteiger partial charge in [0, 0.05) is 149 Å². The number of pyridine rings is 1. The molecule has 98 heavy (non-hydrogen) atoms. The van der Waals surface area contributed by atoms with Crippen LogP contribution in [-0.2, 0) is 76.1 Å². The number of ether oxygens (including phenoxy) is 5. The second kappa shape index (κ2) is 43.3. The minimum absolute atomic E-state index is 0.00620. The normalized spacial score (nSPS) is 14.5. The number of sulfonamides is 1. The van der Waals surface area contributed by atoms with E-state index < -0.39 is 69.7 Å². The highest BCUT2D eigenvalue weighted by atomic mass is 32.2. The standard InChI is InChI=1S/C64H98N14O19S/c1-6-75-20-22-77(43-57(82)83)26-24-76(25-27-78(23-21-75)44-58(84)85)42-56(81)72-51(13-14-55(80)66-19-31-93-5)62(88)67-16-9-29-95-33-35-96-34-32-94-28-8-15-65-54(79)10-7-30-97-48-36-45(2)60(46(3)37-48)98(91,92)73-52(63(89)90)40-70-61(87)50-41-74(4)53-38-47(11-12-49(53)59(50)86)39-71-64-68-17-18-69-64/h11-12,17-18,36-38,41,51-52,73H,6-10,13-16,19-35,39-40,42-44H2,1-5H3,(H,65,79)(H,66,80)(H,67,88)(H,70,87)(H,72,81)(H,82,83)(H,84,85)(H,89,90)(H2,68,69,71)/t51-,52+/m1/s1. The predicted molar refractivity (Wildman–Crippen MR) is 360 cm³/mol. The molecular weight excluding hydrogens is 1300 g/mol. The van der Waals surface area contributed by atoms with Crippen LogP contribution in [0.25, 0.3) is 10.9 Å². The summed E-state index contributed by atoms with van der Waals surface area (Å²) in [6, 6.07) is 5.22. The zero-order valence-electron chi connectivity index (χ0n) is 56.7. The maximum Gasteiger partial charge on any atom is 0.323 e. The van der Waals surface area contributed by atoms with Gasteiger partial charge in [0.05, 0.1) is 69.7 Å². The number of amides is 5. The van der Waals surface area contributed by atoms with Crippen molar-refractivity contribution in [3.63, 3.8) is 0 Å². The third-order valence-corrected chi connectivity index (χ3v) is 17.5. The molecule has 1 aliphatic rings. The lowest BCUT2D eigenvalue weighted by Crippen LogP contribution is -2.52. The van der Waals surface area contributed by atoms with Gasteiger partial charge in [0.25, 0.3) is 5.91 Å². The fraction of sp³-hybridized carbons (Fsp3) is 0.594. The Balaban J connectivity index is 0.930. The number of methoxy groups -OCH3 is 1. The summed E-state index contributed by atoms with van der Waals surface area (Å²) < 4.78 is 58.8. The van der Waals surface area contributed by atoms with Gasteiger partial charge in [0.15, 0.2) is 5.95 Å². The first kappa shape index (κ1) is 80.5. The number of fused-ring (bicyclic) bond motifs is 1. The molecule has 1 aliphatic heterocycles. The lowest BCUT2D eigenvalue weighted by Gasteiger charge is -2.33.